The molecule has 0 fully saturated rings. The summed E-state index contributed by atoms with van der Waals surface area (Å²) in [5, 5.41) is 3.50. The Hall–Kier alpha value is -0.990. The summed E-state index contributed by atoms with van der Waals surface area (Å²) in [6.07, 6.45) is -2.93. The predicted molar refractivity (Wildman–Crippen MR) is 52.1 cm³/mol. The number of hydrogen-bond acceptors (Lipinski definition) is 4. The topological polar surface area (TPSA) is 82.3 Å². The molecule has 0 spiro atoms. The maximum Gasteiger partial charge on any atom is 0.270 e. The normalized spacial score (nSPS) is 11.9. The first kappa shape index (κ1) is 13.1. The molecule has 0 radical (unpaired) electrons. The molecule has 1 heterocycles. The van der Waals surface area contributed by atoms with Crippen LogP contribution in [0, 0.1) is 0 Å². The fraction of sp³-hybridized carbons (Fsp3) is 0.286. The smallest absolute Gasteiger partial charge is 0.270 e. The molecule has 0 atom stereocenters. The van der Waals surface area contributed by atoms with Gasteiger partial charge in [-0.3, -0.25) is 0 Å². The lowest BCUT2D eigenvalue weighted by Gasteiger charge is -2.10. The van der Waals surface area contributed by atoms with Gasteiger partial charge in [-0.25, -0.2) is 27.3 Å². The van der Waals surface area contributed by atoms with E-state index in [0.29, 0.717) is 0 Å². The molecule has 1 rings (SSSR count). The van der Waals surface area contributed by atoms with Crippen molar-refractivity contribution < 1.29 is 21.9 Å². The van der Waals surface area contributed by atoms with Gasteiger partial charge in [0.2, 0.25) is 0 Å². The van der Waals surface area contributed by atoms with Crippen LogP contribution in [0.1, 0.15) is 12.0 Å². The monoisotopic (exact) mass is 272 g/mol. The molecular formula is C7H7ClF2N2O3S. The Labute approximate surface area is 95.2 Å². The summed E-state index contributed by atoms with van der Waals surface area (Å²) in [6.45, 7) is 0. The lowest BCUT2D eigenvalue weighted by atomic mass is 10.2. The second-order valence-corrected chi connectivity index (χ2v) is 4.58. The van der Waals surface area contributed by atoms with Crippen LogP contribution in [-0.4, -0.2) is 20.5 Å². The zero-order valence-corrected chi connectivity index (χ0v) is 9.52. The zero-order valence-electron chi connectivity index (χ0n) is 7.95. The Balaban J connectivity index is 3.50. The van der Waals surface area contributed by atoms with Gasteiger partial charge in [-0.2, -0.15) is 0 Å². The standard InChI is InChI=1S/C7H7ClF2N2O3S/c1-15-3-2-4(16(11,13)14)12-6(8)5(3)7(9)10/h2,7H,1H3,(H2,11,13,14). The van der Waals surface area contributed by atoms with Gasteiger partial charge in [-0.1, -0.05) is 11.6 Å². The van der Waals surface area contributed by atoms with Crippen LogP contribution in [0.4, 0.5) is 8.78 Å². The Morgan fingerprint density at radius 2 is 2.12 bits per heavy atom. The van der Waals surface area contributed by atoms with Crippen LogP contribution >= 0.6 is 11.6 Å². The molecule has 1 aromatic heterocycles. The SMILES string of the molecule is COc1cc(S(N)(=O)=O)nc(Cl)c1C(F)F. The largest absolute Gasteiger partial charge is 0.496 e. The predicted octanol–water partition coefficient (Wildman–Crippen LogP) is 1.33. The summed E-state index contributed by atoms with van der Waals surface area (Å²) in [7, 11) is -3.02. The van der Waals surface area contributed by atoms with Gasteiger partial charge in [-0.05, 0) is 0 Å². The van der Waals surface area contributed by atoms with Crippen molar-refractivity contribution >= 4 is 21.6 Å². The molecule has 0 saturated heterocycles. The molecule has 5 nitrogen and oxygen atoms in total. The summed E-state index contributed by atoms with van der Waals surface area (Å²) >= 11 is 5.42. The highest BCUT2D eigenvalue weighted by Gasteiger charge is 2.23. The van der Waals surface area contributed by atoms with E-state index in [1.807, 2.05) is 0 Å². The Morgan fingerprint density at radius 1 is 1.56 bits per heavy atom. The van der Waals surface area contributed by atoms with Crippen LogP contribution in [0.3, 0.4) is 0 Å². The molecule has 0 aromatic carbocycles. The number of nitrogens with zero attached hydrogens (tertiary/aromatic N) is 1. The zero-order chi connectivity index (χ0) is 12.5. The number of halogens is 3. The average Bonchev–Trinajstić information content (AvgIpc) is 2.14. The average molecular weight is 273 g/mol. The number of rotatable bonds is 3. The molecule has 0 aliphatic heterocycles. The number of ether oxygens (including phenoxy) is 1. The minimum atomic E-state index is -4.12. The van der Waals surface area contributed by atoms with Gasteiger partial charge in [0, 0.05) is 6.07 Å². The van der Waals surface area contributed by atoms with Crippen LogP contribution in [0.15, 0.2) is 11.1 Å². The van der Waals surface area contributed by atoms with Crippen LogP contribution in [-0.2, 0) is 10.0 Å². The van der Waals surface area contributed by atoms with Crippen LogP contribution < -0.4 is 9.88 Å². The van der Waals surface area contributed by atoms with Crippen molar-refractivity contribution in [1.29, 1.82) is 0 Å². The number of primary sulfonamides is 1. The number of alkyl halides is 2. The van der Waals surface area contributed by atoms with Crippen molar-refractivity contribution in [3.8, 4) is 5.75 Å². The molecule has 9 heteroatoms. The maximum absolute atomic E-state index is 12.5. The molecule has 16 heavy (non-hydrogen) atoms. The summed E-state index contributed by atoms with van der Waals surface area (Å²) in [6, 6.07) is 0.794. The van der Waals surface area contributed by atoms with Crippen LogP contribution in [0.5, 0.6) is 5.75 Å². The lowest BCUT2D eigenvalue weighted by Crippen LogP contribution is -2.15. The van der Waals surface area contributed by atoms with Gasteiger partial charge >= 0.3 is 0 Å². The first-order valence-electron chi connectivity index (χ1n) is 3.82. The lowest BCUT2D eigenvalue weighted by molar-refractivity contribution is 0.146. The van der Waals surface area contributed by atoms with Gasteiger partial charge in [0.05, 0.1) is 12.7 Å². The van der Waals surface area contributed by atoms with Crippen molar-refractivity contribution in [2.45, 2.75) is 11.5 Å². The fourth-order valence-electron chi connectivity index (χ4n) is 0.993. The van der Waals surface area contributed by atoms with Crippen molar-refractivity contribution in [3.05, 3.63) is 16.8 Å². The highest BCUT2D eigenvalue weighted by molar-refractivity contribution is 7.89. The molecular weight excluding hydrogens is 266 g/mol. The van der Waals surface area contributed by atoms with E-state index in [-0.39, 0.29) is 5.75 Å². The van der Waals surface area contributed by atoms with E-state index >= 15 is 0 Å². The number of sulfonamides is 1. The molecule has 2 N–H and O–H groups in total. The summed E-state index contributed by atoms with van der Waals surface area (Å²) in [4.78, 5) is 3.27. The molecule has 0 aliphatic carbocycles. The summed E-state index contributed by atoms with van der Waals surface area (Å²) in [5.74, 6) is -0.376. The van der Waals surface area contributed by atoms with Gasteiger partial charge in [0.25, 0.3) is 16.4 Å². The van der Waals surface area contributed by atoms with E-state index in [9.17, 15) is 17.2 Å². The van der Waals surface area contributed by atoms with Crippen LogP contribution in [0.25, 0.3) is 0 Å². The molecule has 0 aliphatic rings. The van der Waals surface area contributed by atoms with Crippen molar-refractivity contribution in [1.82, 2.24) is 4.98 Å². The summed E-state index contributed by atoms with van der Waals surface area (Å²) in [5.41, 5.74) is -0.670. The fourth-order valence-corrected chi connectivity index (χ4v) is 1.80. The third kappa shape index (κ3) is 2.57. The van der Waals surface area contributed by atoms with E-state index in [1.54, 1.807) is 0 Å². The van der Waals surface area contributed by atoms with Crippen molar-refractivity contribution in [3.63, 3.8) is 0 Å². The number of methoxy groups -OCH3 is 1. The first-order chi connectivity index (χ1) is 7.27. The van der Waals surface area contributed by atoms with Gasteiger partial charge < -0.3 is 4.74 Å². The molecule has 90 valence electrons. The third-order valence-electron chi connectivity index (χ3n) is 1.68. The van der Waals surface area contributed by atoms with E-state index in [0.717, 1.165) is 13.2 Å². The van der Waals surface area contributed by atoms with E-state index in [4.69, 9.17) is 16.7 Å². The minimum absolute atomic E-state index is 0.376. The number of pyridine rings is 1. The number of aromatic nitrogens is 1. The summed E-state index contributed by atoms with van der Waals surface area (Å²) < 4.78 is 51.5. The Kier molecular flexibility index (Phi) is 3.66. The van der Waals surface area contributed by atoms with Gasteiger partial charge in [-0.15, -0.1) is 0 Å². The molecule has 0 unspecified atom stereocenters. The number of hydrogen-bond donors (Lipinski definition) is 1. The van der Waals surface area contributed by atoms with Crippen LogP contribution in [0.2, 0.25) is 5.15 Å². The van der Waals surface area contributed by atoms with E-state index in [1.165, 1.54) is 0 Å². The second-order valence-electron chi connectivity index (χ2n) is 2.71. The number of nitrogens with two attached hydrogens (primary N) is 1. The highest BCUT2D eigenvalue weighted by Crippen LogP contribution is 2.35. The van der Waals surface area contributed by atoms with Gasteiger partial charge in [0.1, 0.15) is 10.9 Å². The van der Waals surface area contributed by atoms with Crippen molar-refractivity contribution in [2.75, 3.05) is 7.11 Å². The minimum Gasteiger partial charge on any atom is -0.496 e. The molecule has 1 aromatic rings. The molecule has 0 amide bonds. The van der Waals surface area contributed by atoms with E-state index in [2.05, 4.69) is 9.72 Å². The third-order valence-corrected chi connectivity index (χ3v) is 2.76. The Morgan fingerprint density at radius 3 is 2.50 bits per heavy atom. The van der Waals surface area contributed by atoms with Gasteiger partial charge in [0.15, 0.2) is 5.03 Å². The van der Waals surface area contributed by atoms with Crippen molar-refractivity contribution in [2.24, 2.45) is 5.14 Å². The highest BCUT2D eigenvalue weighted by atomic mass is 35.5. The maximum atomic E-state index is 12.5. The second kappa shape index (κ2) is 4.48. The quantitative estimate of drug-likeness (QED) is 0.842. The van der Waals surface area contributed by atoms with E-state index < -0.39 is 32.2 Å². The molecule has 0 saturated carbocycles. The first-order valence-corrected chi connectivity index (χ1v) is 5.75. The Bertz CT molecular complexity index is 507. The molecule has 0 bridgehead atoms.